The number of nitriles is 1. The topological polar surface area (TPSA) is 95.8 Å². The van der Waals surface area contributed by atoms with Crippen molar-refractivity contribution < 1.29 is 9.13 Å². The second kappa shape index (κ2) is 8.93. The lowest BCUT2D eigenvalue weighted by atomic mass is 10.1. The fraction of sp³-hybridized carbons (Fsp3) is 0.0909. The molecule has 0 saturated carbocycles. The Bertz CT molecular complexity index is 1310. The van der Waals surface area contributed by atoms with E-state index in [0.717, 1.165) is 21.3 Å². The summed E-state index contributed by atoms with van der Waals surface area (Å²) in [5, 5.41) is 16.8. The number of nitrogens with one attached hydrogen (secondary N) is 2. The van der Waals surface area contributed by atoms with Crippen molar-refractivity contribution in [3.05, 3.63) is 70.5 Å². The van der Waals surface area contributed by atoms with Crippen LogP contribution in [0.25, 0.3) is 10.8 Å². The van der Waals surface area contributed by atoms with Crippen molar-refractivity contribution >= 4 is 44.3 Å². The Morgan fingerprint density at radius 3 is 2.68 bits per heavy atom. The average Bonchev–Trinajstić information content (AvgIpc) is 2.76. The first-order chi connectivity index (χ1) is 15.1. The van der Waals surface area contributed by atoms with Gasteiger partial charge in [-0.3, -0.25) is 0 Å². The molecule has 1 heterocycles. The number of rotatable bonds is 6. The highest BCUT2D eigenvalue weighted by Gasteiger charge is 2.12. The van der Waals surface area contributed by atoms with Crippen LogP contribution in [0.2, 0.25) is 0 Å². The molecular weight excluding hydrogens is 463 g/mol. The maximum atomic E-state index is 14.3. The van der Waals surface area contributed by atoms with Gasteiger partial charge in [-0.2, -0.15) is 20.2 Å². The zero-order valence-corrected chi connectivity index (χ0v) is 17.9. The van der Waals surface area contributed by atoms with Gasteiger partial charge in [0.15, 0.2) is 0 Å². The van der Waals surface area contributed by atoms with Crippen LogP contribution in [0, 0.1) is 17.1 Å². The minimum Gasteiger partial charge on any atom is -0.424 e. The van der Waals surface area contributed by atoms with Crippen molar-refractivity contribution in [3.63, 3.8) is 0 Å². The van der Waals surface area contributed by atoms with Gasteiger partial charge in [0.05, 0.1) is 17.3 Å². The molecule has 154 valence electrons. The Morgan fingerprint density at radius 1 is 1.06 bits per heavy atom. The summed E-state index contributed by atoms with van der Waals surface area (Å²) in [4.78, 5) is 12.8. The first-order valence-electron chi connectivity index (χ1n) is 9.38. The molecule has 31 heavy (non-hydrogen) atoms. The van der Waals surface area contributed by atoms with E-state index in [2.05, 4.69) is 41.5 Å². The molecule has 0 aliphatic carbocycles. The molecule has 4 rings (SSSR count). The summed E-state index contributed by atoms with van der Waals surface area (Å²) in [6.45, 7) is 2.48. The Hall–Kier alpha value is -3.77. The SMILES string of the molecule is CCNc1nc(Nc2ccc(C#N)cc2F)nc(Oc2ccc3cccc(Br)c3c2)n1. The summed E-state index contributed by atoms with van der Waals surface area (Å²) >= 11 is 3.54. The van der Waals surface area contributed by atoms with Crippen LogP contribution in [0.15, 0.2) is 59.1 Å². The van der Waals surface area contributed by atoms with Gasteiger partial charge in [0.1, 0.15) is 11.6 Å². The second-order valence-electron chi connectivity index (χ2n) is 6.45. The van der Waals surface area contributed by atoms with Crippen molar-refractivity contribution in [1.29, 1.82) is 5.26 Å². The zero-order valence-electron chi connectivity index (χ0n) is 16.4. The monoisotopic (exact) mass is 478 g/mol. The van der Waals surface area contributed by atoms with Gasteiger partial charge in [-0.15, -0.1) is 0 Å². The van der Waals surface area contributed by atoms with Gasteiger partial charge >= 0.3 is 6.01 Å². The lowest BCUT2D eigenvalue weighted by Gasteiger charge is -2.11. The molecule has 3 aromatic carbocycles. The summed E-state index contributed by atoms with van der Waals surface area (Å²) in [6.07, 6.45) is 0. The number of hydrogen-bond donors (Lipinski definition) is 2. The summed E-state index contributed by atoms with van der Waals surface area (Å²) in [6, 6.07) is 17.6. The molecule has 0 unspecified atom stereocenters. The van der Waals surface area contributed by atoms with Gasteiger partial charge in [-0.1, -0.05) is 34.1 Å². The van der Waals surface area contributed by atoms with Crippen LogP contribution in [-0.4, -0.2) is 21.5 Å². The normalized spacial score (nSPS) is 10.5. The second-order valence-corrected chi connectivity index (χ2v) is 7.31. The molecule has 0 radical (unpaired) electrons. The molecule has 0 bridgehead atoms. The molecule has 9 heteroatoms. The van der Waals surface area contributed by atoms with E-state index in [1.165, 1.54) is 12.1 Å². The van der Waals surface area contributed by atoms with Gasteiger partial charge in [0.25, 0.3) is 0 Å². The maximum Gasteiger partial charge on any atom is 0.328 e. The highest BCUT2D eigenvalue weighted by atomic mass is 79.9. The minimum absolute atomic E-state index is 0.0499. The fourth-order valence-corrected chi connectivity index (χ4v) is 3.38. The van der Waals surface area contributed by atoms with Crippen LogP contribution in [0.4, 0.5) is 22.0 Å². The lowest BCUT2D eigenvalue weighted by molar-refractivity contribution is 0.442. The average molecular weight is 479 g/mol. The van der Waals surface area contributed by atoms with Crippen LogP contribution in [-0.2, 0) is 0 Å². The third-order valence-electron chi connectivity index (χ3n) is 4.30. The lowest BCUT2D eigenvalue weighted by Crippen LogP contribution is -2.08. The Balaban J connectivity index is 1.66. The molecule has 7 nitrogen and oxygen atoms in total. The van der Waals surface area contributed by atoms with Gasteiger partial charge < -0.3 is 15.4 Å². The number of aromatic nitrogens is 3. The number of anilines is 3. The molecule has 0 fully saturated rings. The van der Waals surface area contributed by atoms with Crippen molar-refractivity contribution in [2.45, 2.75) is 6.92 Å². The van der Waals surface area contributed by atoms with Crippen LogP contribution >= 0.6 is 15.9 Å². The van der Waals surface area contributed by atoms with Crippen molar-refractivity contribution in [2.24, 2.45) is 0 Å². The van der Waals surface area contributed by atoms with E-state index in [-0.39, 0.29) is 29.2 Å². The van der Waals surface area contributed by atoms with Gasteiger partial charge in [0.2, 0.25) is 11.9 Å². The maximum absolute atomic E-state index is 14.3. The molecule has 0 aliphatic rings. The number of halogens is 2. The quantitative estimate of drug-likeness (QED) is 0.363. The number of ether oxygens (including phenoxy) is 1. The number of hydrogen-bond acceptors (Lipinski definition) is 7. The highest BCUT2D eigenvalue weighted by Crippen LogP contribution is 2.30. The van der Waals surface area contributed by atoms with Gasteiger partial charge in [0, 0.05) is 11.0 Å². The van der Waals surface area contributed by atoms with Crippen LogP contribution in [0.5, 0.6) is 11.8 Å². The Morgan fingerprint density at radius 2 is 1.90 bits per heavy atom. The molecule has 0 atom stereocenters. The first kappa shape index (κ1) is 20.5. The third-order valence-corrected chi connectivity index (χ3v) is 5.00. The predicted molar refractivity (Wildman–Crippen MR) is 120 cm³/mol. The standard InChI is InChI=1S/C22H16BrFN6O/c1-2-26-20-28-21(27-19-9-6-13(12-25)10-18(19)24)30-22(29-20)31-15-8-7-14-4-3-5-17(23)16(14)11-15/h3-11H,2H2,1H3,(H2,26,27,28,29,30). The summed E-state index contributed by atoms with van der Waals surface area (Å²) in [7, 11) is 0. The smallest absolute Gasteiger partial charge is 0.328 e. The van der Waals surface area contributed by atoms with Crippen molar-refractivity contribution in [3.8, 4) is 17.8 Å². The Kier molecular flexibility index (Phi) is 5.91. The molecule has 4 aromatic rings. The van der Waals surface area contributed by atoms with Crippen molar-refractivity contribution in [1.82, 2.24) is 15.0 Å². The van der Waals surface area contributed by atoms with Gasteiger partial charge in [-0.05, 0) is 54.1 Å². The summed E-state index contributed by atoms with van der Waals surface area (Å²) in [5.41, 5.74) is 0.353. The number of benzene rings is 3. The first-order valence-corrected chi connectivity index (χ1v) is 10.2. The van der Waals surface area contributed by atoms with E-state index in [4.69, 9.17) is 10.00 Å². The van der Waals surface area contributed by atoms with E-state index in [9.17, 15) is 4.39 Å². The van der Waals surface area contributed by atoms with E-state index in [0.29, 0.717) is 12.3 Å². The predicted octanol–water partition coefficient (Wildman–Crippen LogP) is 5.77. The van der Waals surface area contributed by atoms with Crippen LogP contribution in [0.1, 0.15) is 12.5 Å². The van der Waals surface area contributed by atoms with E-state index in [1.54, 1.807) is 0 Å². The van der Waals surface area contributed by atoms with Crippen molar-refractivity contribution in [2.75, 3.05) is 17.2 Å². The Labute approximate surface area is 186 Å². The molecule has 0 aliphatic heterocycles. The van der Waals surface area contributed by atoms with E-state index >= 15 is 0 Å². The fourth-order valence-electron chi connectivity index (χ4n) is 2.88. The van der Waals surface area contributed by atoms with Gasteiger partial charge in [-0.25, -0.2) is 4.39 Å². The van der Waals surface area contributed by atoms with E-state index < -0.39 is 5.82 Å². The number of fused-ring (bicyclic) bond motifs is 1. The van der Waals surface area contributed by atoms with Crippen LogP contribution in [0.3, 0.4) is 0 Å². The molecular formula is C22H16BrFN6O. The zero-order chi connectivity index (χ0) is 21.8. The third kappa shape index (κ3) is 4.70. The number of nitrogens with zero attached hydrogens (tertiary/aromatic N) is 4. The largest absolute Gasteiger partial charge is 0.424 e. The molecule has 0 amide bonds. The summed E-state index contributed by atoms with van der Waals surface area (Å²) in [5.74, 6) is 0.340. The van der Waals surface area contributed by atoms with Crippen LogP contribution < -0.4 is 15.4 Å². The minimum atomic E-state index is -0.591. The molecule has 0 saturated heterocycles. The molecule has 0 spiro atoms. The molecule has 1 aromatic heterocycles. The highest BCUT2D eigenvalue weighted by molar-refractivity contribution is 9.10. The van der Waals surface area contributed by atoms with E-state index in [1.807, 2.05) is 49.4 Å². The molecule has 2 N–H and O–H groups in total. The summed E-state index contributed by atoms with van der Waals surface area (Å²) < 4.78 is 21.1.